The quantitative estimate of drug-likeness (QED) is 0.552. The first-order valence-electron chi connectivity index (χ1n) is 8.97. The van der Waals surface area contributed by atoms with Crippen molar-refractivity contribution in [3.8, 4) is 0 Å². The van der Waals surface area contributed by atoms with Gasteiger partial charge in [0.15, 0.2) is 6.10 Å². The molecule has 28 heavy (non-hydrogen) atoms. The molecule has 2 unspecified atom stereocenters. The van der Waals surface area contributed by atoms with E-state index in [1.807, 2.05) is 19.1 Å². The van der Waals surface area contributed by atoms with Gasteiger partial charge in [-0.1, -0.05) is 42.8 Å². The zero-order chi connectivity index (χ0) is 20.3. The normalized spacial score (nSPS) is 16.7. The standard InChI is InChI=1S/C21H20ClNO4S/c1-3-13-4-6-14(7-5-13)20(25)12(2)27-19(24)11-18-21(26)23-16-10-15(22)8-9-17(16)28-18/h4-10,12,18H,3,11H2,1-2H3,(H,23,26). The summed E-state index contributed by atoms with van der Waals surface area (Å²) in [6.45, 7) is 3.58. The summed E-state index contributed by atoms with van der Waals surface area (Å²) in [5.41, 5.74) is 2.25. The Balaban J connectivity index is 1.59. The Morgan fingerprint density at radius 1 is 1.21 bits per heavy atom. The zero-order valence-corrected chi connectivity index (χ0v) is 17.1. The number of hydrogen-bond acceptors (Lipinski definition) is 5. The number of rotatable bonds is 6. The fraction of sp³-hybridized carbons (Fsp3) is 0.286. The van der Waals surface area contributed by atoms with Crippen LogP contribution in [0, 0.1) is 0 Å². The molecule has 146 valence electrons. The third-order valence-corrected chi connectivity index (χ3v) is 5.95. The SMILES string of the molecule is CCc1ccc(C(=O)C(C)OC(=O)CC2Sc3ccc(Cl)cc3NC2=O)cc1. The molecule has 1 aliphatic rings. The molecule has 5 nitrogen and oxygen atoms in total. The van der Waals surface area contributed by atoms with E-state index in [4.69, 9.17) is 16.3 Å². The van der Waals surface area contributed by atoms with Gasteiger partial charge < -0.3 is 10.1 Å². The largest absolute Gasteiger partial charge is 0.454 e. The fourth-order valence-electron chi connectivity index (χ4n) is 2.85. The first-order valence-corrected chi connectivity index (χ1v) is 10.2. The van der Waals surface area contributed by atoms with E-state index < -0.39 is 17.3 Å². The molecule has 1 amide bonds. The Morgan fingerprint density at radius 3 is 2.61 bits per heavy atom. The zero-order valence-electron chi connectivity index (χ0n) is 15.5. The van der Waals surface area contributed by atoms with Crippen molar-refractivity contribution in [2.75, 3.05) is 5.32 Å². The summed E-state index contributed by atoms with van der Waals surface area (Å²) in [6.07, 6.45) is -0.150. The Kier molecular flexibility index (Phi) is 6.42. The summed E-state index contributed by atoms with van der Waals surface area (Å²) in [7, 11) is 0. The fourth-order valence-corrected chi connectivity index (χ4v) is 4.09. The van der Waals surface area contributed by atoms with E-state index in [-0.39, 0.29) is 18.1 Å². The summed E-state index contributed by atoms with van der Waals surface area (Å²) in [5.74, 6) is -1.14. The second-order valence-electron chi connectivity index (χ2n) is 6.49. The monoisotopic (exact) mass is 417 g/mol. The minimum absolute atomic E-state index is 0.120. The van der Waals surface area contributed by atoms with Gasteiger partial charge in [0.05, 0.1) is 17.4 Å². The molecule has 7 heteroatoms. The van der Waals surface area contributed by atoms with E-state index in [1.165, 1.54) is 11.8 Å². The minimum atomic E-state index is -0.914. The van der Waals surface area contributed by atoms with Gasteiger partial charge >= 0.3 is 5.97 Å². The van der Waals surface area contributed by atoms with Gasteiger partial charge in [0.25, 0.3) is 0 Å². The Hall–Kier alpha value is -2.31. The Bertz CT molecular complexity index is 913. The molecular weight excluding hydrogens is 398 g/mol. The average molecular weight is 418 g/mol. The number of aryl methyl sites for hydroxylation is 1. The molecular formula is C21H20ClNO4S. The molecule has 0 saturated heterocycles. The Morgan fingerprint density at radius 2 is 1.93 bits per heavy atom. The van der Waals surface area contributed by atoms with Gasteiger partial charge in [0, 0.05) is 15.5 Å². The highest BCUT2D eigenvalue weighted by Gasteiger charge is 2.31. The molecule has 0 fully saturated rings. The molecule has 0 bridgehead atoms. The van der Waals surface area contributed by atoms with Gasteiger partial charge in [-0.05, 0) is 37.1 Å². The molecule has 1 aliphatic heterocycles. The van der Waals surface area contributed by atoms with Crippen LogP contribution >= 0.6 is 23.4 Å². The number of nitrogens with one attached hydrogen (secondary N) is 1. The van der Waals surface area contributed by atoms with Crippen molar-refractivity contribution in [3.63, 3.8) is 0 Å². The lowest BCUT2D eigenvalue weighted by Gasteiger charge is -2.24. The number of halogens is 1. The molecule has 0 radical (unpaired) electrons. The summed E-state index contributed by atoms with van der Waals surface area (Å²) in [5, 5.41) is 2.66. The predicted molar refractivity (Wildman–Crippen MR) is 110 cm³/mol. The van der Waals surface area contributed by atoms with Gasteiger partial charge in [0.1, 0.15) is 0 Å². The molecule has 3 rings (SSSR count). The Labute approximate surface area is 172 Å². The molecule has 0 aromatic heterocycles. The molecule has 2 aromatic rings. The predicted octanol–water partition coefficient (Wildman–Crippen LogP) is 4.52. The highest BCUT2D eigenvalue weighted by molar-refractivity contribution is 8.01. The molecule has 0 spiro atoms. The summed E-state index contributed by atoms with van der Waals surface area (Å²) in [6, 6.07) is 12.4. The van der Waals surface area contributed by atoms with Crippen LogP contribution in [0.2, 0.25) is 5.02 Å². The number of benzene rings is 2. The first kappa shape index (κ1) is 20.4. The van der Waals surface area contributed by atoms with Gasteiger partial charge in [-0.2, -0.15) is 0 Å². The molecule has 0 aliphatic carbocycles. The molecule has 2 atom stereocenters. The van der Waals surface area contributed by atoms with E-state index in [0.717, 1.165) is 16.9 Å². The van der Waals surface area contributed by atoms with Crippen LogP contribution in [-0.4, -0.2) is 29.0 Å². The highest BCUT2D eigenvalue weighted by atomic mass is 35.5. The van der Waals surface area contributed by atoms with Crippen LogP contribution in [-0.2, 0) is 20.7 Å². The van der Waals surface area contributed by atoms with E-state index in [0.29, 0.717) is 16.3 Å². The van der Waals surface area contributed by atoms with Crippen molar-refractivity contribution in [2.45, 2.75) is 42.9 Å². The van der Waals surface area contributed by atoms with Crippen LogP contribution in [0.4, 0.5) is 5.69 Å². The second-order valence-corrected chi connectivity index (χ2v) is 8.17. The van der Waals surface area contributed by atoms with Crippen LogP contribution in [0.15, 0.2) is 47.4 Å². The molecule has 1 heterocycles. The van der Waals surface area contributed by atoms with Crippen molar-refractivity contribution in [1.82, 2.24) is 0 Å². The number of Topliss-reactive ketones (excluding diaryl/α,β-unsaturated/α-hetero) is 1. The van der Waals surface area contributed by atoms with Crippen molar-refractivity contribution in [2.24, 2.45) is 0 Å². The third kappa shape index (κ3) is 4.75. The van der Waals surface area contributed by atoms with Gasteiger partial charge in [-0.15, -0.1) is 11.8 Å². The maximum atomic E-state index is 12.5. The lowest BCUT2D eigenvalue weighted by molar-refractivity contribution is -0.147. The molecule has 2 aromatic carbocycles. The maximum absolute atomic E-state index is 12.5. The van der Waals surface area contributed by atoms with E-state index in [2.05, 4.69) is 5.32 Å². The number of amides is 1. The van der Waals surface area contributed by atoms with Crippen molar-refractivity contribution in [3.05, 3.63) is 58.6 Å². The summed E-state index contributed by atoms with van der Waals surface area (Å²) >= 11 is 7.21. The lowest BCUT2D eigenvalue weighted by Crippen LogP contribution is -2.33. The average Bonchev–Trinajstić information content (AvgIpc) is 2.68. The number of fused-ring (bicyclic) bond motifs is 1. The van der Waals surface area contributed by atoms with Crippen LogP contribution in [0.5, 0.6) is 0 Å². The minimum Gasteiger partial charge on any atom is -0.454 e. The summed E-state index contributed by atoms with van der Waals surface area (Å²) < 4.78 is 5.28. The number of ether oxygens (including phenoxy) is 1. The van der Waals surface area contributed by atoms with Crippen molar-refractivity contribution in [1.29, 1.82) is 0 Å². The molecule has 0 saturated carbocycles. The smallest absolute Gasteiger partial charge is 0.308 e. The van der Waals surface area contributed by atoms with Crippen LogP contribution < -0.4 is 5.32 Å². The number of anilines is 1. The first-order chi connectivity index (χ1) is 13.4. The topological polar surface area (TPSA) is 72.5 Å². The van der Waals surface area contributed by atoms with Gasteiger partial charge in [-0.25, -0.2) is 0 Å². The number of carbonyl (C=O) groups is 3. The van der Waals surface area contributed by atoms with Crippen molar-refractivity contribution < 1.29 is 19.1 Å². The number of carbonyl (C=O) groups excluding carboxylic acids is 3. The van der Waals surface area contributed by atoms with Crippen LogP contribution in [0.3, 0.4) is 0 Å². The van der Waals surface area contributed by atoms with E-state index >= 15 is 0 Å². The van der Waals surface area contributed by atoms with Crippen LogP contribution in [0.25, 0.3) is 0 Å². The van der Waals surface area contributed by atoms with E-state index in [9.17, 15) is 14.4 Å². The molecule has 1 N–H and O–H groups in total. The number of esters is 1. The van der Waals surface area contributed by atoms with Crippen LogP contribution in [0.1, 0.15) is 36.2 Å². The van der Waals surface area contributed by atoms with E-state index in [1.54, 1.807) is 37.3 Å². The third-order valence-electron chi connectivity index (χ3n) is 4.44. The number of hydrogen-bond donors (Lipinski definition) is 1. The number of ketones is 1. The second kappa shape index (κ2) is 8.80. The number of thioether (sulfide) groups is 1. The lowest BCUT2D eigenvalue weighted by atomic mass is 10.0. The van der Waals surface area contributed by atoms with Gasteiger partial charge in [0.2, 0.25) is 11.7 Å². The van der Waals surface area contributed by atoms with Gasteiger partial charge in [-0.3, -0.25) is 14.4 Å². The maximum Gasteiger partial charge on any atom is 0.308 e. The van der Waals surface area contributed by atoms with Crippen molar-refractivity contribution >= 4 is 46.7 Å². The summed E-state index contributed by atoms with van der Waals surface area (Å²) in [4.78, 5) is 37.8. The highest BCUT2D eigenvalue weighted by Crippen LogP contribution is 2.38.